The van der Waals surface area contributed by atoms with Crippen LogP contribution in [0.3, 0.4) is 0 Å². The molecular formula is C16H18N2O3. The molecular weight excluding hydrogens is 268 g/mol. The monoisotopic (exact) mass is 286 g/mol. The first-order chi connectivity index (χ1) is 10.1. The van der Waals surface area contributed by atoms with Gasteiger partial charge in [-0.1, -0.05) is 18.1 Å². The van der Waals surface area contributed by atoms with E-state index in [1.54, 1.807) is 23.8 Å². The van der Waals surface area contributed by atoms with E-state index in [2.05, 4.69) is 11.8 Å². The molecule has 5 heteroatoms. The Labute approximate surface area is 124 Å². The number of methoxy groups -OCH3 is 1. The van der Waals surface area contributed by atoms with E-state index in [4.69, 9.17) is 4.74 Å². The van der Waals surface area contributed by atoms with Gasteiger partial charge >= 0.3 is 0 Å². The Kier molecular flexibility index (Phi) is 4.61. The summed E-state index contributed by atoms with van der Waals surface area (Å²) in [6, 6.07) is 7.33. The molecule has 0 aliphatic carbocycles. The van der Waals surface area contributed by atoms with E-state index in [1.165, 1.54) is 7.11 Å². The number of rotatable bonds is 2. The lowest BCUT2D eigenvalue weighted by molar-refractivity contribution is -0.122. The molecule has 1 aliphatic rings. The number of carbonyl (C=O) groups is 2. The van der Waals surface area contributed by atoms with Crippen LogP contribution in [0.2, 0.25) is 0 Å². The van der Waals surface area contributed by atoms with Crippen molar-refractivity contribution in [3.63, 3.8) is 0 Å². The van der Waals surface area contributed by atoms with Gasteiger partial charge in [0, 0.05) is 20.7 Å². The molecule has 0 bridgehead atoms. The van der Waals surface area contributed by atoms with Gasteiger partial charge in [0.05, 0.1) is 11.4 Å². The number of anilines is 2. The van der Waals surface area contributed by atoms with E-state index in [1.807, 2.05) is 24.3 Å². The number of ether oxygens (including phenoxy) is 1. The van der Waals surface area contributed by atoms with Crippen molar-refractivity contribution in [3.05, 3.63) is 24.3 Å². The first-order valence-corrected chi connectivity index (χ1v) is 6.68. The molecule has 110 valence electrons. The molecule has 0 radical (unpaired) electrons. The normalized spacial score (nSPS) is 17.7. The van der Waals surface area contributed by atoms with Crippen LogP contribution < -0.4 is 9.80 Å². The van der Waals surface area contributed by atoms with Crippen LogP contribution in [0.15, 0.2) is 24.3 Å². The average Bonchev–Trinajstić information content (AvgIpc) is 2.59. The lowest BCUT2D eigenvalue weighted by Gasteiger charge is -2.23. The van der Waals surface area contributed by atoms with Gasteiger partial charge in [-0.05, 0) is 19.1 Å². The maximum Gasteiger partial charge on any atom is 0.253 e. The first-order valence-electron chi connectivity index (χ1n) is 6.68. The first kappa shape index (κ1) is 15.1. The number of nitrogens with zero attached hydrogens (tertiary/aromatic N) is 2. The maximum absolute atomic E-state index is 12.5. The maximum atomic E-state index is 12.5. The topological polar surface area (TPSA) is 49.9 Å². The standard InChI is InChI=1S/C16H18N2O3/c1-4-7-12-10-18(15(19)11-21-3)14-9-6-5-8-13(14)17(2)16(12)20/h5-6,8-9,12H,10-11H2,1-3H3/t12-/m0/s1. The van der Waals surface area contributed by atoms with Crippen molar-refractivity contribution in [1.29, 1.82) is 0 Å². The molecule has 2 amide bonds. The second kappa shape index (κ2) is 6.42. The van der Waals surface area contributed by atoms with Gasteiger partial charge in [0.25, 0.3) is 5.91 Å². The molecule has 1 atom stereocenters. The molecule has 1 aromatic rings. The fraction of sp³-hybridized carbons (Fsp3) is 0.375. The van der Waals surface area contributed by atoms with Crippen LogP contribution in [0, 0.1) is 17.8 Å². The SMILES string of the molecule is CC#C[C@H]1CN(C(=O)COC)c2ccccc2N(C)C1=O. The summed E-state index contributed by atoms with van der Waals surface area (Å²) < 4.78 is 4.94. The molecule has 0 saturated heterocycles. The fourth-order valence-electron chi connectivity index (χ4n) is 2.41. The largest absolute Gasteiger partial charge is 0.375 e. The zero-order valence-electron chi connectivity index (χ0n) is 12.4. The van der Waals surface area contributed by atoms with E-state index < -0.39 is 5.92 Å². The zero-order chi connectivity index (χ0) is 15.4. The molecule has 2 rings (SSSR count). The number of amides is 2. The Morgan fingerprint density at radius 3 is 2.67 bits per heavy atom. The van der Waals surface area contributed by atoms with Crippen molar-refractivity contribution in [2.45, 2.75) is 6.92 Å². The zero-order valence-corrected chi connectivity index (χ0v) is 12.4. The van der Waals surface area contributed by atoms with Crippen molar-refractivity contribution in [2.24, 2.45) is 5.92 Å². The number of carbonyl (C=O) groups excluding carboxylic acids is 2. The highest BCUT2D eigenvalue weighted by atomic mass is 16.5. The highest BCUT2D eigenvalue weighted by molar-refractivity contribution is 6.06. The highest BCUT2D eigenvalue weighted by Crippen LogP contribution is 2.33. The molecule has 1 heterocycles. The predicted molar refractivity (Wildman–Crippen MR) is 81.0 cm³/mol. The third kappa shape index (κ3) is 2.91. The number of hydrogen-bond donors (Lipinski definition) is 0. The summed E-state index contributed by atoms with van der Waals surface area (Å²) in [7, 11) is 3.18. The second-order valence-corrected chi connectivity index (χ2v) is 4.77. The quantitative estimate of drug-likeness (QED) is 0.770. The summed E-state index contributed by atoms with van der Waals surface area (Å²) in [5.41, 5.74) is 1.41. The summed E-state index contributed by atoms with van der Waals surface area (Å²) in [4.78, 5) is 27.9. The third-order valence-electron chi connectivity index (χ3n) is 3.42. The molecule has 5 nitrogen and oxygen atoms in total. The summed E-state index contributed by atoms with van der Waals surface area (Å²) in [5, 5.41) is 0. The minimum atomic E-state index is -0.534. The molecule has 0 saturated carbocycles. The van der Waals surface area contributed by atoms with Crippen LogP contribution in [0.5, 0.6) is 0 Å². The lowest BCUT2D eigenvalue weighted by Crippen LogP contribution is -2.39. The van der Waals surface area contributed by atoms with Crippen molar-refractivity contribution in [3.8, 4) is 11.8 Å². The molecule has 1 aromatic carbocycles. The molecule has 0 unspecified atom stereocenters. The summed E-state index contributed by atoms with van der Waals surface area (Å²) in [5.74, 6) is 4.83. The van der Waals surface area contributed by atoms with Gasteiger partial charge in [-0.25, -0.2) is 0 Å². The van der Waals surface area contributed by atoms with E-state index in [0.717, 1.165) is 0 Å². The third-order valence-corrected chi connectivity index (χ3v) is 3.42. The Balaban J connectivity index is 2.51. The molecule has 0 N–H and O–H groups in total. The Morgan fingerprint density at radius 1 is 1.38 bits per heavy atom. The van der Waals surface area contributed by atoms with Crippen molar-refractivity contribution in [2.75, 3.05) is 37.1 Å². The summed E-state index contributed by atoms with van der Waals surface area (Å²) >= 11 is 0. The van der Waals surface area contributed by atoms with Crippen molar-refractivity contribution in [1.82, 2.24) is 0 Å². The van der Waals surface area contributed by atoms with E-state index in [-0.39, 0.29) is 25.0 Å². The average molecular weight is 286 g/mol. The number of fused-ring (bicyclic) bond motifs is 1. The minimum absolute atomic E-state index is 0.0293. The van der Waals surface area contributed by atoms with E-state index in [9.17, 15) is 9.59 Å². The van der Waals surface area contributed by atoms with Gasteiger partial charge in [-0.15, -0.1) is 5.92 Å². The molecule has 0 aromatic heterocycles. The number of para-hydroxylation sites is 2. The predicted octanol–water partition coefficient (Wildman–Crippen LogP) is 1.28. The van der Waals surface area contributed by atoms with Crippen LogP contribution >= 0.6 is 0 Å². The minimum Gasteiger partial charge on any atom is -0.375 e. The molecule has 1 aliphatic heterocycles. The van der Waals surface area contributed by atoms with Crippen molar-refractivity contribution >= 4 is 23.2 Å². The number of benzene rings is 1. The van der Waals surface area contributed by atoms with Crippen LogP contribution in [0.1, 0.15) is 6.92 Å². The summed E-state index contributed by atoms with van der Waals surface area (Å²) in [6.45, 7) is 1.90. The fourth-order valence-corrected chi connectivity index (χ4v) is 2.41. The Hall–Kier alpha value is -2.32. The Morgan fingerprint density at radius 2 is 2.05 bits per heavy atom. The Bertz CT molecular complexity index is 615. The van der Waals surface area contributed by atoms with E-state index >= 15 is 0 Å². The molecule has 21 heavy (non-hydrogen) atoms. The van der Waals surface area contributed by atoms with Crippen LogP contribution in [0.4, 0.5) is 11.4 Å². The molecule has 0 spiro atoms. The van der Waals surface area contributed by atoms with Gasteiger partial charge in [0.1, 0.15) is 12.5 Å². The van der Waals surface area contributed by atoms with Crippen LogP contribution in [-0.4, -0.2) is 39.1 Å². The second-order valence-electron chi connectivity index (χ2n) is 4.77. The smallest absolute Gasteiger partial charge is 0.253 e. The summed E-state index contributed by atoms with van der Waals surface area (Å²) in [6.07, 6.45) is 0. The van der Waals surface area contributed by atoms with E-state index in [0.29, 0.717) is 11.4 Å². The van der Waals surface area contributed by atoms with Gasteiger partial charge in [-0.2, -0.15) is 0 Å². The highest BCUT2D eigenvalue weighted by Gasteiger charge is 2.33. The van der Waals surface area contributed by atoms with Gasteiger partial charge in [-0.3, -0.25) is 9.59 Å². The van der Waals surface area contributed by atoms with Gasteiger partial charge in [0.15, 0.2) is 0 Å². The van der Waals surface area contributed by atoms with Gasteiger partial charge < -0.3 is 14.5 Å². The van der Waals surface area contributed by atoms with Crippen molar-refractivity contribution < 1.29 is 14.3 Å². The van der Waals surface area contributed by atoms with Gasteiger partial charge in [0.2, 0.25) is 5.91 Å². The van der Waals surface area contributed by atoms with Crippen LogP contribution in [0.25, 0.3) is 0 Å². The lowest BCUT2D eigenvalue weighted by atomic mass is 10.1. The number of hydrogen-bond acceptors (Lipinski definition) is 3. The molecule has 0 fully saturated rings. The van der Waals surface area contributed by atoms with Crippen LogP contribution in [-0.2, 0) is 14.3 Å².